The normalized spacial score (nSPS) is 13.0. The minimum absolute atomic E-state index is 0.238. The minimum Gasteiger partial charge on any atom is -0.478 e. The van der Waals surface area contributed by atoms with E-state index >= 15 is 0 Å². The lowest BCUT2D eigenvalue weighted by Crippen LogP contribution is -2.26. The third kappa shape index (κ3) is 5.05. The number of hydrogen-bond donors (Lipinski definition) is 2. The third-order valence-electron chi connectivity index (χ3n) is 5.44. The highest BCUT2D eigenvalue weighted by Crippen LogP contribution is 2.28. The number of carboxylic acids is 1. The molecule has 2 heterocycles. The van der Waals surface area contributed by atoms with Crippen LogP contribution in [-0.4, -0.2) is 41.6 Å². The highest BCUT2D eigenvalue weighted by Gasteiger charge is 2.14. The van der Waals surface area contributed by atoms with Crippen molar-refractivity contribution in [2.24, 2.45) is 0 Å². The van der Waals surface area contributed by atoms with Gasteiger partial charge in [0.1, 0.15) is 0 Å². The largest absolute Gasteiger partial charge is 0.478 e. The molecule has 1 aliphatic rings. The molecule has 0 radical (unpaired) electrons. The van der Waals surface area contributed by atoms with Gasteiger partial charge >= 0.3 is 5.97 Å². The molecule has 0 fully saturated rings. The molecule has 0 saturated heterocycles. The zero-order chi connectivity index (χ0) is 21.5. The van der Waals surface area contributed by atoms with Crippen molar-refractivity contribution in [2.45, 2.75) is 26.3 Å². The van der Waals surface area contributed by atoms with E-state index in [9.17, 15) is 4.79 Å². The SMILES string of the molecule is CCc1ccccc1-c1ccc2c(c1)CCN(C)C2.CNc1cnccc1C(=O)O. The fourth-order valence-corrected chi connectivity index (χ4v) is 3.75. The van der Waals surface area contributed by atoms with Crippen LogP contribution < -0.4 is 5.32 Å². The Kier molecular flexibility index (Phi) is 7.20. The number of carbonyl (C=O) groups is 1. The van der Waals surface area contributed by atoms with Crippen molar-refractivity contribution < 1.29 is 9.90 Å². The summed E-state index contributed by atoms with van der Waals surface area (Å²) in [6.45, 7) is 4.49. The Morgan fingerprint density at radius 1 is 1.17 bits per heavy atom. The first-order chi connectivity index (χ1) is 14.5. The molecular formula is C25H29N3O2. The van der Waals surface area contributed by atoms with Crippen LogP contribution in [-0.2, 0) is 19.4 Å². The van der Waals surface area contributed by atoms with Crippen molar-refractivity contribution in [3.8, 4) is 11.1 Å². The summed E-state index contributed by atoms with van der Waals surface area (Å²) >= 11 is 0. The predicted molar refractivity (Wildman–Crippen MR) is 122 cm³/mol. The van der Waals surface area contributed by atoms with Gasteiger partial charge in [0.2, 0.25) is 0 Å². The number of pyridine rings is 1. The molecule has 4 rings (SSSR count). The number of rotatable bonds is 4. The van der Waals surface area contributed by atoms with Crippen molar-refractivity contribution >= 4 is 11.7 Å². The number of hydrogen-bond acceptors (Lipinski definition) is 4. The van der Waals surface area contributed by atoms with Gasteiger partial charge in [-0.05, 0) is 53.8 Å². The van der Waals surface area contributed by atoms with Gasteiger partial charge < -0.3 is 15.3 Å². The average Bonchev–Trinajstić information content (AvgIpc) is 2.79. The van der Waals surface area contributed by atoms with E-state index in [1.165, 1.54) is 59.2 Å². The van der Waals surface area contributed by atoms with E-state index in [2.05, 4.69) is 71.6 Å². The van der Waals surface area contributed by atoms with Crippen molar-refractivity contribution in [2.75, 3.05) is 26.0 Å². The molecule has 1 aromatic heterocycles. The number of fused-ring (bicyclic) bond motifs is 1. The van der Waals surface area contributed by atoms with Crippen molar-refractivity contribution in [1.29, 1.82) is 0 Å². The molecule has 156 valence electrons. The monoisotopic (exact) mass is 403 g/mol. The van der Waals surface area contributed by atoms with Crippen LogP contribution in [0.1, 0.15) is 34.0 Å². The second kappa shape index (κ2) is 10.0. The number of benzene rings is 2. The Bertz CT molecular complexity index is 1020. The summed E-state index contributed by atoms with van der Waals surface area (Å²) in [5, 5.41) is 11.4. The van der Waals surface area contributed by atoms with Gasteiger partial charge in [0.25, 0.3) is 0 Å². The maximum absolute atomic E-state index is 10.5. The number of aromatic nitrogens is 1. The van der Waals surface area contributed by atoms with Crippen LogP contribution in [0.3, 0.4) is 0 Å². The smallest absolute Gasteiger partial charge is 0.337 e. The van der Waals surface area contributed by atoms with Gasteiger partial charge in [0, 0.05) is 26.3 Å². The zero-order valence-corrected chi connectivity index (χ0v) is 17.9. The first kappa shape index (κ1) is 21.5. The summed E-state index contributed by atoms with van der Waals surface area (Å²) in [4.78, 5) is 16.7. The number of likely N-dealkylation sites (N-methyl/N-ethyl adjacent to an activating group) is 1. The molecule has 0 saturated carbocycles. The van der Waals surface area contributed by atoms with E-state index in [1.807, 2.05) is 0 Å². The average molecular weight is 404 g/mol. The number of aromatic carboxylic acids is 1. The van der Waals surface area contributed by atoms with Crippen LogP contribution in [0.2, 0.25) is 0 Å². The molecule has 1 aliphatic heterocycles. The lowest BCUT2D eigenvalue weighted by molar-refractivity contribution is 0.0698. The molecule has 5 heteroatoms. The van der Waals surface area contributed by atoms with E-state index in [1.54, 1.807) is 7.05 Å². The number of carboxylic acid groups (broad SMARTS) is 1. The van der Waals surface area contributed by atoms with E-state index in [0.29, 0.717) is 5.69 Å². The molecule has 0 unspecified atom stereocenters. The molecule has 2 N–H and O–H groups in total. The van der Waals surface area contributed by atoms with Crippen molar-refractivity contribution in [3.63, 3.8) is 0 Å². The van der Waals surface area contributed by atoms with Crippen LogP contribution in [0.5, 0.6) is 0 Å². The molecule has 30 heavy (non-hydrogen) atoms. The zero-order valence-electron chi connectivity index (χ0n) is 17.9. The highest BCUT2D eigenvalue weighted by molar-refractivity contribution is 5.93. The molecule has 0 atom stereocenters. The first-order valence-electron chi connectivity index (χ1n) is 10.3. The van der Waals surface area contributed by atoms with Gasteiger partial charge in [0.05, 0.1) is 17.4 Å². The number of nitrogens with zero attached hydrogens (tertiary/aromatic N) is 2. The molecule has 0 amide bonds. The lowest BCUT2D eigenvalue weighted by Gasteiger charge is -2.25. The second-order valence-electron chi connectivity index (χ2n) is 7.46. The van der Waals surface area contributed by atoms with Crippen molar-refractivity contribution in [1.82, 2.24) is 9.88 Å². The summed E-state index contributed by atoms with van der Waals surface area (Å²) < 4.78 is 0. The Morgan fingerprint density at radius 3 is 2.67 bits per heavy atom. The van der Waals surface area contributed by atoms with Crippen LogP contribution in [0, 0.1) is 0 Å². The quantitative estimate of drug-likeness (QED) is 0.660. The summed E-state index contributed by atoms with van der Waals surface area (Å²) in [5.74, 6) is -0.947. The number of anilines is 1. The Labute approximate surface area is 178 Å². The van der Waals surface area contributed by atoms with Gasteiger partial charge in [0.15, 0.2) is 0 Å². The maximum Gasteiger partial charge on any atom is 0.337 e. The van der Waals surface area contributed by atoms with Gasteiger partial charge in [-0.25, -0.2) is 4.79 Å². The van der Waals surface area contributed by atoms with Crippen LogP contribution in [0.25, 0.3) is 11.1 Å². The molecular weight excluding hydrogens is 374 g/mol. The fourth-order valence-electron chi connectivity index (χ4n) is 3.75. The van der Waals surface area contributed by atoms with Gasteiger partial charge in [-0.2, -0.15) is 0 Å². The molecule has 0 bridgehead atoms. The molecule has 0 spiro atoms. The highest BCUT2D eigenvalue weighted by atomic mass is 16.4. The van der Waals surface area contributed by atoms with Crippen LogP contribution >= 0.6 is 0 Å². The number of aryl methyl sites for hydroxylation is 1. The molecule has 5 nitrogen and oxygen atoms in total. The van der Waals surface area contributed by atoms with Crippen LogP contribution in [0.15, 0.2) is 60.9 Å². The molecule has 3 aromatic rings. The fraction of sp³-hybridized carbons (Fsp3) is 0.280. The minimum atomic E-state index is -0.947. The predicted octanol–water partition coefficient (Wildman–Crippen LogP) is 4.73. The Balaban J connectivity index is 0.000000199. The van der Waals surface area contributed by atoms with Gasteiger partial charge in [-0.3, -0.25) is 4.98 Å². The van der Waals surface area contributed by atoms with Crippen LogP contribution in [0.4, 0.5) is 5.69 Å². The van der Waals surface area contributed by atoms with E-state index in [0.717, 1.165) is 13.0 Å². The Hall–Kier alpha value is -3.18. The summed E-state index contributed by atoms with van der Waals surface area (Å²) in [6, 6.07) is 17.2. The van der Waals surface area contributed by atoms with Gasteiger partial charge in [-0.15, -0.1) is 0 Å². The summed E-state index contributed by atoms with van der Waals surface area (Å²) in [5.41, 5.74) is 8.00. The molecule has 0 aliphatic carbocycles. The standard InChI is InChI=1S/C18H21N.C7H8N2O2/c1-3-14-6-4-5-7-18(14)16-8-9-17-13-19(2)11-10-15(17)12-16;1-8-6-4-9-3-2-5(6)7(10)11/h4-9,12H,3,10-11,13H2,1-2H3;2-4,8H,1H3,(H,10,11). The van der Waals surface area contributed by atoms with E-state index in [-0.39, 0.29) is 5.56 Å². The van der Waals surface area contributed by atoms with Crippen molar-refractivity contribution in [3.05, 3.63) is 83.2 Å². The van der Waals surface area contributed by atoms with Gasteiger partial charge in [-0.1, -0.05) is 49.4 Å². The lowest BCUT2D eigenvalue weighted by atomic mass is 9.92. The Morgan fingerprint density at radius 2 is 1.97 bits per heavy atom. The van der Waals surface area contributed by atoms with E-state index in [4.69, 9.17) is 5.11 Å². The summed E-state index contributed by atoms with van der Waals surface area (Å²) in [6.07, 6.45) is 5.19. The molecule has 2 aromatic carbocycles. The number of nitrogens with one attached hydrogen (secondary N) is 1. The van der Waals surface area contributed by atoms with E-state index < -0.39 is 5.97 Å². The third-order valence-corrected chi connectivity index (χ3v) is 5.44. The summed E-state index contributed by atoms with van der Waals surface area (Å²) in [7, 11) is 3.85. The topological polar surface area (TPSA) is 65.5 Å². The maximum atomic E-state index is 10.5. The first-order valence-corrected chi connectivity index (χ1v) is 10.3. The second-order valence-corrected chi connectivity index (χ2v) is 7.46.